The number of hydrogen-bond donors (Lipinski definition) is 1. The molecule has 0 spiro atoms. The third-order valence-corrected chi connectivity index (χ3v) is 4.36. The van der Waals surface area contributed by atoms with Crippen LogP contribution in [0, 0.1) is 0 Å². The number of alkyl halides is 3. The molecule has 0 amide bonds. The van der Waals surface area contributed by atoms with Gasteiger partial charge in [-0.1, -0.05) is 30.3 Å². The van der Waals surface area contributed by atoms with E-state index in [9.17, 15) is 13.2 Å². The standard InChI is InChI=1S/C19H16F3N3/c20-19(21,22)18-16(12-6-7-12)17(13-4-2-1-3-5-13)25(24-18)15-10-8-14(23)9-11-15/h1-5,8-12H,6-7,23H2. The Morgan fingerprint density at radius 2 is 1.60 bits per heavy atom. The zero-order chi connectivity index (χ0) is 17.6. The molecular formula is C19H16F3N3. The zero-order valence-corrected chi connectivity index (χ0v) is 13.3. The second-order valence-corrected chi connectivity index (χ2v) is 6.25. The minimum absolute atomic E-state index is 0.0886. The van der Waals surface area contributed by atoms with Gasteiger partial charge in [-0.15, -0.1) is 0 Å². The number of nitrogen functional groups attached to an aromatic ring is 1. The molecule has 3 nitrogen and oxygen atoms in total. The Labute approximate surface area is 142 Å². The highest BCUT2D eigenvalue weighted by Crippen LogP contribution is 2.50. The minimum atomic E-state index is -4.49. The maximum atomic E-state index is 13.6. The molecule has 0 bridgehead atoms. The summed E-state index contributed by atoms with van der Waals surface area (Å²) in [5, 5.41) is 3.97. The summed E-state index contributed by atoms with van der Waals surface area (Å²) in [6.45, 7) is 0. The maximum absolute atomic E-state index is 13.6. The summed E-state index contributed by atoms with van der Waals surface area (Å²) >= 11 is 0. The van der Waals surface area contributed by atoms with Crippen LogP contribution >= 0.6 is 0 Å². The Hall–Kier alpha value is -2.76. The summed E-state index contributed by atoms with van der Waals surface area (Å²) in [5.41, 5.74) is 7.57. The smallest absolute Gasteiger partial charge is 0.399 e. The van der Waals surface area contributed by atoms with Crippen molar-refractivity contribution in [3.63, 3.8) is 0 Å². The first kappa shape index (κ1) is 15.7. The van der Waals surface area contributed by atoms with E-state index in [0.29, 0.717) is 22.6 Å². The molecule has 1 aliphatic rings. The molecule has 1 heterocycles. The number of anilines is 1. The molecule has 4 rings (SSSR count). The van der Waals surface area contributed by atoms with Gasteiger partial charge in [-0.05, 0) is 43.0 Å². The van der Waals surface area contributed by atoms with Crippen LogP contribution in [0.5, 0.6) is 0 Å². The van der Waals surface area contributed by atoms with E-state index in [1.807, 2.05) is 30.3 Å². The van der Waals surface area contributed by atoms with Crippen molar-refractivity contribution < 1.29 is 13.2 Å². The monoisotopic (exact) mass is 343 g/mol. The fourth-order valence-electron chi connectivity index (χ4n) is 3.07. The van der Waals surface area contributed by atoms with Crippen molar-refractivity contribution in [3.05, 3.63) is 65.9 Å². The molecule has 1 fully saturated rings. The Morgan fingerprint density at radius 1 is 0.960 bits per heavy atom. The summed E-state index contributed by atoms with van der Waals surface area (Å²) < 4.78 is 42.3. The first-order valence-corrected chi connectivity index (χ1v) is 8.06. The van der Waals surface area contributed by atoms with Crippen LogP contribution in [0.2, 0.25) is 0 Å². The summed E-state index contributed by atoms with van der Waals surface area (Å²) in [6, 6.07) is 15.8. The minimum Gasteiger partial charge on any atom is -0.399 e. The molecule has 1 aliphatic carbocycles. The van der Waals surface area contributed by atoms with E-state index in [-0.39, 0.29) is 5.92 Å². The van der Waals surface area contributed by atoms with Gasteiger partial charge in [-0.2, -0.15) is 18.3 Å². The van der Waals surface area contributed by atoms with Gasteiger partial charge in [0.1, 0.15) is 0 Å². The van der Waals surface area contributed by atoms with Crippen molar-refractivity contribution in [1.82, 2.24) is 9.78 Å². The molecule has 1 aromatic heterocycles. The molecule has 1 saturated carbocycles. The molecule has 3 aromatic rings. The Kier molecular flexibility index (Phi) is 3.56. The summed E-state index contributed by atoms with van der Waals surface area (Å²) in [7, 11) is 0. The number of nitrogens with two attached hydrogens (primary N) is 1. The van der Waals surface area contributed by atoms with Crippen LogP contribution in [0.1, 0.15) is 30.0 Å². The number of benzene rings is 2. The van der Waals surface area contributed by atoms with Crippen molar-refractivity contribution in [3.8, 4) is 16.9 Å². The van der Waals surface area contributed by atoms with Crippen LogP contribution in [0.3, 0.4) is 0 Å². The predicted octanol–water partition coefficient (Wildman–Crippen LogP) is 5.02. The van der Waals surface area contributed by atoms with Gasteiger partial charge in [0.15, 0.2) is 5.69 Å². The summed E-state index contributed by atoms with van der Waals surface area (Å²) in [5.74, 6) is -0.0886. The lowest BCUT2D eigenvalue weighted by atomic mass is 10.0. The third-order valence-electron chi connectivity index (χ3n) is 4.36. The molecule has 2 N–H and O–H groups in total. The number of aromatic nitrogens is 2. The van der Waals surface area contributed by atoms with Crippen LogP contribution in [-0.2, 0) is 6.18 Å². The van der Waals surface area contributed by atoms with Gasteiger partial charge >= 0.3 is 6.18 Å². The number of nitrogens with zero attached hydrogens (tertiary/aromatic N) is 2. The fraction of sp³-hybridized carbons (Fsp3) is 0.211. The molecule has 0 aliphatic heterocycles. The first-order chi connectivity index (χ1) is 11.9. The largest absolute Gasteiger partial charge is 0.435 e. The molecule has 6 heteroatoms. The third kappa shape index (κ3) is 2.88. The van der Waals surface area contributed by atoms with Gasteiger partial charge in [-0.3, -0.25) is 0 Å². The van der Waals surface area contributed by atoms with E-state index >= 15 is 0 Å². The van der Waals surface area contributed by atoms with E-state index in [4.69, 9.17) is 5.73 Å². The lowest BCUT2D eigenvalue weighted by Crippen LogP contribution is -2.09. The van der Waals surface area contributed by atoms with E-state index in [0.717, 1.165) is 18.4 Å². The van der Waals surface area contributed by atoms with Crippen LogP contribution in [-0.4, -0.2) is 9.78 Å². The summed E-state index contributed by atoms with van der Waals surface area (Å²) in [6.07, 6.45) is -2.97. The van der Waals surface area contributed by atoms with Gasteiger partial charge < -0.3 is 5.73 Å². The maximum Gasteiger partial charge on any atom is 0.435 e. The van der Waals surface area contributed by atoms with E-state index < -0.39 is 11.9 Å². The van der Waals surface area contributed by atoms with E-state index in [1.165, 1.54) is 4.68 Å². The molecule has 2 aromatic carbocycles. The average molecular weight is 343 g/mol. The molecule has 0 saturated heterocycles. The fourth-order valence-corrected chi connectivity index (χ4v) is 3.07. The second kappa shape index (κ2) is 5.65. The van der Waals surface area contributed by atoms with Gasteiger partial charge in [0.05, 0.1) is 11.4 Å². The van der Waals surface area contributed by atoms with E-state index in [2.05, 4.69) is 5.10 Å². The van der Waals surface area contributed by atoms with Crippen LogP contribution < -0.4 is 5.73 Å². The van der Waals surface area contributed by atoms with Gasteiger partial charge in [0.25, 0.3) is 0 Å². The van der Waals surface area contributed by atoms with E-state index in [1.54, 1.807) is 24.3 Å². The second-order valence-electron chi connectivity index (χ2n) is 6.25. The Morgan fingerprint density at radius 3 is 2.16 bits per heavy atom. The van der Waals surface area contributed by atoms with Crippen molar-refractivity contribution in [2.75, 3.05) is 5.73 Å². The number of halogens is 3. The van der Waals surface area contributed by atoms with Gasteiger partial charge in [0, 0.05) is 16.8 Å². The van der Waals surface area contributed by atoms with Crippen molar-refractivity contribution in [2.24, 2.45) is 0 Å². The normalized spacial score (nSPS) is 14.7. The summed E-state index contributed by atoms with van der Waals surface area (Å²) in [4.78, 5) is 0. The van der Waals surface area contributed by atoms with Gasteiger partial charge in [-0.25, -0.2) is 4.68 Å². The zero-order valence-electron chi connectivity index (χ0n) is 13.3. The predicted molar refractivity (Wildman–Crippen MR) is 90.4 cm³/mol. The highest BCUT2D eigenvalue weighted by atomic mass is 19.4. The molecule has 0 unspecified atom stereocenters. The van der Waals surface area contributed by atoms with Gasteiger partial charge in [0.2, 0.25) is 0 Å². The Balaban J connectivity index is 2.01. The van der Waals surface area contributed by atoms with Crippen molar-refractivity contribution in [1.29, 1.82) is 0 Å². The highest BCUT2D eigenvalue weighted by molar-refractivity contribution is 5.69. The lowest BCUT2D eigenvalue weighted by Gasteiger charge is -2.10. The topological polar surface area (TPSA) is 43.8 Å². The number of hydrogen-bond acceptors (Lipinski definition) is 2. The molecule has 0 radical (unpaired) electrons. The van der Waals surface area contributed by atoms with Crippen LogP contribution in [0.4, 0.5) is 18.9 Å². The Bertz CT molecular complexity index is 892. The number of rotatable bonds is 3. The molecular weight excluding hydrogens is 327 g/mol. The van der Waals surface area contributed by atoms with Crippen LogP contribution in [0.15, 0.2) is 54.6 Å². The SMILES string of the molecule is Nc1ccc(-n2nc(C(F)(F)F)c(C3CC3)c2-c2ccccc2)cc1. The molecule has 128 valence electrons. The quantitative estimate of drug-likeness (QED) is 0.679. The molecule has 0 atom stereocenters. The van der Waals surface area contributed by atoms with Crippen molar-refractivity contribution >= 4 is 5.69 Å². The highest BCUT2D eigenvalue weighted by Gasteiger charge is 2.44. The first-order valence-electron chi connectivity index (χ1n) is 8.06. The van der Waals surface area contributed by atoms with Crippen LogP contribution in [0.25, 0.3) is 16.9 Å². The average Bonchev–Trinajstić information content (AvgIpc) is 3.34. The van der Waals surface area contributed by atoms with Crippen molar-refractivity contribution in [2.45, 2.75) is 24.9 Å². The lowest BCUT2D eigenvalue weighted by molar-refractivity contribution is -0.142. The molecule has 25 heavy (non-hydrogen) atoms.